The second-order valence-corrected chi connectivity index (χ2v) is 13.9. The molecule has 12 heteroatoms. The molecule has 0 bridgehead atoms. The van der Waals surface area contributed by atoms with E-state index in [2.05, 4.69) is 29.9 Å². The molecule has 12 nitrogen and oxygen atoms in total. The molecule has 2 amide bonds. The summed E-state index contributed by atoms with van der Waals surface area (Å²) in [6, 6.07) is 7.53. The van der Waals surface area contributed by atoms with Crippen LogP contribution in [-0.4, -0.2) is 76.2 Å². The number of hydrogen-bond donors (Lipinski definition) is 2. The van der Waals surface area contributed by atoms with Gasteiger partial charge in [0.1, 0.15) is 22.9 Å². The van der Waals surface area contributed by atoms with Crippen molar-refractivity contribution >= 4 is 12.2 Å². The van der Waals surface area contributed by atoms with Gasteiger partial charge in [0.2, 0.25) is 0 Å². The summed E-state index contributed by atoms with van der Waals surface area (Å²) < 4.78 is 11.2. The van der Waals surface area contributed by atoms with Crippen LogP contribution in [0.4, 0.5) is 9.59 Å². The fourth-order valence-electron chi connectivity index (χ4n) is 5.89. The number of imidazole rings is 2. The van der Waals surface area contributed by atoms with Crippen molar-refractivity contribution in [2.75, 3.05) is 13.1 Å². The van der Waals surface area contributed by atoms with Gasteiger partial charge in [0.25, 0.3) is 0 Å². The first kappa shape index (κ1) is 31.3. The SMILES string of the molecule is CC(C)(C)OC(=O)N1CCC[C@H]1c1ncc(-c2ccc(-c3ccc(-c4cnc([C@@H]5CCCN5C(=O)OC(C)(C)C)[nH]4)cn3)nc2)[nH]1. The molecule has 0 aromatic carbocycles. The van der Waals surface area contributed by atoms with E-state index in [-0.39, 0.29) is 24.3 Å². The third kappa shape index (κ3) is 6.90. The molecule has 46 heavy (non-hydrogen) atoms. The molecule has 0 radical (unpaired) electrons. The summed E-state index contributed by atoms with van der Waals surface area (Å²) in [5.74, 6) is 1.49. The van der Waals surface area contributed by atoms with E-state index in [1.54, 1.807) is 34.6 Å². The number of aromatic amines is 2. The molecule has 6 heterocycles. The summed E-state index contributed by atoms with van der Waals surface area (Å²) in [6.45, 7) is 12.5. The number of aromatic nitrogens is 6. The van der Waals surface area contributed by atoms with Crippen molar-refractivity contribution < 1.29 is 19.1 Å². The van der Waals surface area contributed by atoms with Gasteiger partial charge in [0.15, 0.2) is 0 Å². The molecule has 6 rings (SSSR count). The van der Waals surface area contributed by atoms with Crippen molar-refractivity contribution in [2.24, 2.45) is 0 Å². The van der Waals surface area contributed by atoms with Crippen LogP contribution in [0.3, 0.4) is 0 Å². The van der Waals surface area contributed by atoms with E-state index in [0.29, 0.717) is 13.1 Å². The van der Waals surface area contributed by atoms with Gasteiger partial charge in [-0.15, -0.1) is 0 Å². The number of rotatable bonds is 5. The molecule has 0 unspecified atom stereocenters. The average Bonchev–Trinajstić information content (AvgIpc) is 3.82. The number of nitrogens with one attached hydrogen (secondary N) is 2. The van der Waals surface area contributed by atoms with Crippen LogP contribution in [0.1, 0.15) is 91.0 Å². The maximum absolute atomic E-state index is 12.7. The first-order valence-electron chi connectivity index (χ1n) is 15.9. The van der Waals surface area contributed by atoms with Gasteiger partial charge in [-0.2, -0.15) is 0 Å². The lowest BCUT2D eigenvalue weighted by atomic mass is 10.1. The average molecular weight is 627 g/mol. The van der Waals surface area contributed by atoms with E-state index >= 15 is 0 Å². The Labute approximate surface area is 269 Å². The van der Waals surface area contributed by atoms with Gasteiger partial charge in [-0.25, -0.2) is 19.6 Å². The number of pyridine rings is 2. The van der Waals surface area contributed by atoms with E-state index in [1.165, 1.54) is 0 Å². The van der Waals surface area contributed by atoms with E-state index in [9.17, 15) is 9.59 Å². The number of likely N-dealkylation sites (tertiary alicyclic amines) is 2. The molecule has 0 aliphatic carbocycles. The van der Waals surface area contributed by atoms with Crippen LogP contribution in [0.5, 0.6) is 0 Å². The smallest absolute Gasteiger partial charge is 0.410 e. The summed E-state index contributed by atoms with van der Waals surface area (Å²) >= 11 is 0. The van der Waals surface area contributed by atoms with Crippen molar-refractivity contribution in [2.45, 2.75) is 90.5 Å². The first-order chi connectivity index (χ1) is 21.8. The highest BCUT2D eigenvalue weighted by Crippen LogP contribution is 2.34. The highest BCUT2D eigenvalue weighted by molar-refractivity contribution is 5.70. The van der Waals surface area contributed by atoms with Gasteiger partial charge in [-0.3, -0.25) is 19.8 Å². The zero-order valence-corrected chi connectivity index (χ0v) is 27.3. The molecule has 2 atom stereocenters. The van der Waals surface area contributed by atoms with Crippen LogP contribution < -0.4 is 0 Å². The zero-order valence-electron chi connectivity index (χ0n) is 27.3. The topological polar surface area (TPSA) is 142 Å². The van der Waals surface area contributed by atoms with Gasteiger partial charge in [0.05, 0.1) is 47.3 Å². The summed E-state index contributed by atoms with van der Waals surface area (Å²) in [4.78, 5) is 54.3. The predicted octanol–water partition coefficient (Wildman–Crippen LogP) is 7.07. The Morgan fingerprint density at radius 2 is 1.07 bits per heavy atom. The van der Waals surface area contributed by atoms with Gasteiger partial charge >= 0.3 is 12.2 Å². The summed E-state index contributed by atoms with van der Waals surface area (Å²) in [5.41, 5.74) is 3.82. The van der Waals surface area contributed by atoms with Gasteiger partial charge in [-0.1, -0.05) is 0 Å². The summed E-state index contributed by atoms with van der Waals surface area (Å²) in [5, 5.41) is 0. The van der Waals surface area contributed by atoms with E-state index in [1.807, 2.05) is 65.8 Å². The quantitative estimate of drug-likeness (QED) is 0.240. The van der Waals surface area contributed by atoms with Crippen molar-refractivity contribution in [3.8, 4) is 33.9 Å². The van der Waals surface area contributed by atoms with Crippen molar-refractivity contribution in [3.05, 3.63) is 60.7 Å². The van der Waals surface area contributed by atoms with E-state index in [0.717, 1.165) is 71.2 Å². The predicted molar refractivity (Wildman–Crippen MR) is 172 cm³/mol. The van der Waals surface area contributed by atoms with E-state index in [4.69, 9.17) is 9.47 Å². The van der Waals surface area contributed by atoms with Crippen molar-refractivity contribution in [1.29, 1.82) is 0 Å². The Morgan fingerprint density at radius 1 is 0.652 bits per heavy atom. The van der Waals surface area contributed by atoms with Crippen LogP contribution in [0.25, 0.3) is 33.9 Å². The minimum atomic E-state index is -0.550. The minimum absolute atomic E-state index is 0.147. The molecule has 0 spiro atoms. The molecular weight excluding hydrogens is 584 g/mol. The lowest BCUT2D eigenvalue weighted by molar-refractivity contribution is 0.0208. The molecule has 2 aliphatic rings. The molecule has 4 aromatic rings. The van der Waals surface area contributed by atoms with Crippen molar-refractivity contribution in [3.63, 3.8) is 0 Å². The zero-order chi connectivity index (χ0) is 32.6. The van der Waals surface area contributed by atoms with E-state index < -0.39 is 11.2 Å². The molecule has 0 saturated carbocycles. The highest BCUT2D eigenvalue weighted by atomic mass is 16.6. The van der Waals surface area contributed by atoms with Crippen LogP contribution in [0.15, 0.2) is 49.1 Å². The molecule has 4 aromatic heterocycles. The summed E-state index contributed by atoms with van der Waals surface area (Å²) in [7, 11) is 0. The van der Waals surface area contributed by atoms with Gasteiger partial charge in [0, 0.05) is 36.6 Å². The minimum Gasteiger partial charge on any atom is -0.444 e. The lowest BCUT2D eigenvalue weighted by Crippen LogP contribution is -2.36. The number of amides is 2. The monoisotopic (exact) mass is 626 g/mol. The molecular formula is C34H42N8O4. The first-order valence-corrected chi connectivity index (χ1v) is 15.9. The Kier molecular flexibility index (Phi) is 8.30. The van der Waals surface area contributed by atoms with Crippen molar-refractivity contribution in [1.82, 2.24) is 39.7 Å². The maximum atomic E-state index is 12.7. The van der Waals surface area contributed by atoms with Crippen LogP contribution in [0, 0.1) is 0 Å². The molecule has 2 fully saturated rings. The Morgan fingerprint density at radius 3 is 1.41 bits per heavy atom. The standard InChI is InChI=1S/C34H42N8O4/c1-33(2,3)45-31(43)41-15-7-9-27(41)29-37-19-25(39-29)21-11-13-23(35-17-21)24-14-12-22(18-36-24)26-20-38-30(40-26)28-10-8-16-42(28)32(44)46-34(4,5)6/h11-14,17-20,27-28H,7-10,15-16H2,1-6H3,(H,37,39)(H,38,40)/t27-,28-/m0/s1. The molecule has 2 aliphatic heterocycles. The fourth-order valence-corrected chi connectivity index (χ4v) is 5.89. The number of carbonyl (C=O) groups is 2. The molecule has 2 saturated heterocycles. The molecule has 2 N–H and O–H groups in total. The Bertz CT molecular complexity index is 1560. The second kappa shape index (κ2) is 12.2. The Hall–Kier alpha value is -4.74. The number of hydrogen-bond acceptors (Lipinski definition) is 8. The third-order valence-electron chi connectivity index (χ3n) is 8.00. The largest absolute Gasteiger partial charge is 0.444 e. The normalized spacial score (nSPS) is 18.7. The number of H-pyrrole nitrogens is 2. The Balaban J connectivity index is 1.11. The van der Waals surface area contributed by atoms with Crippen LogP contribution in [0.2, 0.25) is 0 Å². The number of carbonyl (C=O) groups excluding carboxylic acids is 2. The lowest BCUT2D eigenvalue weighted by Gasteiger charge is -2.27. The fraction of sp³-hybridized carbons (Fsp3) is 0.471. The number of ether oxygens (including phenoxy) is 2. The van der Waals surface area contributed by atoms with Crippen LogP contribution in [-0.2, 0) is 9.47 Å². The van der Waals surface area contributed by atoms with Gasteiger partial charge in [-0.05, 0) is 91.5 Å². The second-order valence-electron chi connectivity index (χ2n) is 13.9. The number of nitrogens with zero attached hydrogens (tertiary/aromatic N) is 6. The third-order valence-corrected chi connectivity index (χ3v) is 8.00. The molecule has 242 valence electrons. The maximum Gasteiger partial charge on any atom is 0.410 e. The van der Waals surface area contributed by atoms with Crippen LogP contribution >= 0.6 is 0 Å². The highest BCUT2D eigenvalue weighted by Gasteiger charge is 2.36. The van der Waals surface area contributed by atoms with Gasteiger partial charge < -0.3 is 19.4 Å². The summed E-state index contributed by atoms with van der Waals surface area (Å²) in [6.07, 6.45) is 9.97.